The Morgan fingerprint density at radius 3 is 2.39 bits per heavy atom. The van der Waals surface area contributed by atoms with Gasteiger partial charge in [-0.1, -0.05) is 0 Å². The van der Waals surface area contributed by atoms with E-state index in [1.807, 2.05) is 0 Å². The fourth-order valence-electron chi connectivity index (χ4n) is 2.06. The zero-order valence-electron chi connectivity index (χ0n) is 14.7. The smallest absolute Gasteiger partial charge is 0.362 e. The Morgan fingerprint density at radius 2 is 1.93 bits per heavy atom. The maximum Gasteiger partial charge on any atom is 0.362 e. The van der Waals surface area contributed by atoms with Crippen molar-refractivity contribution in [1.29, 1.82) is 0 Å². The molecule has 0 bridgehead atoms. The largest absolute Gasteiger partial charge is 0.790 e. The van der Waals surface area contributed by atoms with Gasteiger partial charge >= 0.3 is 11.9 Å². The quantitative estimate of drug-likeness (QED) is 0.217. The Kier molecular flexibility index (Phi) is 8.60. The Labute approximate surface area is 158 Å². The van der Waals surface area contributed by atoms with Crippen molar-refractivity contribution in [2.75, 3.05) is 6.61 Å². The van der Waals surface area contributed by atoms with Crippen LogP contribution in [0.25, 0.3) is 0 Å². The van der Waals surface area contributed by atoms with Crippen LogP contribution >= 0.6 is 7.82 Å². The first kappa shape index (κ1) is 24.1. The van der Waals surface area contributed by atoms with Gasteiger partial charge in [-0.25, -0.2) is 9.59 Å². The van der Waals surface area contributed by atoms with Crippen molar-refractivity contribution in [3.05, 3.63) is 30.1 Å². The molecule has 2 heterocycles. The lowest BCUT2D eigenvalue weighted by Gasteiger charge is -2.30. The molecule has 13 nitrogen and oxygen atoms in total. The van der Waals surface area contributed by atoms with E-state index in [2.05, 4.69) is 10.3 Å². The lowest BCUT2D eigenvalue weighted by molar-refractivity contribution is -0.765. The average molecular weight is 424 g/mol. The predicted molar refractivity (Wildman–Crippen MR) is 83.1 cm³/mol. The van der Waals surface area contributed by atoms with Crippen LogP contribution in [0.2, 0.25) is 0 Å². The summed E-state index contributed by atoms with van der Waals surface area (Å²) in [6, 6.07) is 2.24. The summed E-state index contributed by atoms with van der Waals surface area (Å²) in [7, 11) is -5.23. The van der Waals surface area contributed by atoms with E-state index in [-0.39, 0.29) is 5.56 Å². The minimum absolute atomic E-state index is 0.0730. The number of nitrogens with zero attached hydrogens (tertiary/aromatic N) is 1. The molecule has 2 rings (SSSR count). The van der Waals surface area contributed by atoms with Gasteiger partial charge in [0.2, 0.25) is 0 Å². The van der Waals surface area contributed by atoms with Crippen molar-refractivity contribution >= 4 is 19.8 Å². The van der Waals surface area contributed by atoms with Crippen LogP contribution in [0, 0.1) is 0 Å². The number of aromatic nitrogens is 1. The number of hydrogen-bond acceptors (Lipinski definition) is 9. The molecule has 1 aromatic heterocycles. The van der Waals surface area contributed by atoms with Crippen molar-refractivity contribution in [3.8, 4) is 0 Å². The summed E-state index contributed by atoms with van der Waals surface area (Å²) in [5.41, 5.74) is 3.17. The molecule has 0 saturated carbocycles. The molecule has 0 amide bonds. The first-order chi connectivity index (χ1) is 12.8. The first-order valence-corrected chi connectivity index (χ1v) is 9.27. The topological polar surface area (TPSA) is 228 Å². The van der Waals surface area contributed by atoms with Gasteiger partial charge in [0.1, 0.15) is 17.8 Å². The van der Waals surface area contributed by atoms with Gasteiger partial charge in [0, 0.05) is 6.07 Å². The van der Waals surface area contributed by atoms with Crippen LogP contribution in [-0.2, 0) is 18.6 Å². The normalized spacial score (nSPS) is 25.5. The Morgan fingerprint density at radius 1 is 1.36 bits per heavy atom. The third-order valence-corrected chi connectivity index (χ3v) is 3.98. The number of aliphatic hydroxyl groups excluding tert-OH is 2. The fourth-order valence-corrected chi connectivity index (χ4v) is 2.38. The molecule has 0 aromatic carbocycles. The van der Waals surface area contributed by atoms with E-state index in [0.29, 0.717) is 0 Å². The van der Waals surface area contributed by atoms with E-state index >= 15 is 0 Å². The molecule has 1 aliphatic rings. The van der Waals surface area contributed by atoms with Gasteiger partial charge < -0.3 is 49.8 Å². The number of aliphatic hydroxyl groups is 2. The van der Waals surface area contributed by atoms with Crippen LogP contribution in [-0.4, -0.2) is 63.3 Å². The molecule has 1 saturated heterocycles. The number of phosphoric acid groups is 1. The zero-order chi connectivity index (χ0) is 21.6. The van der Waals surface area contributed by atoms with Crippen molar-refractivity contribution in [1.82, 2.24) is 0 Å². The van der Waals surface area contributed by atoms with E-state index in [1.165, 1.54) is 36.0 Å². The lowest BCUT2D eigenvalue weighted by Crippen LogP contribution is -2.63. The van der Waals surface area contributed by atoms with Crippen LogP contribution < -0.4 is 20.1 Å². The molecule has 1 fully saturated rings. The number of carbonyl (C=O) groups is 2. The Hall–Kier alpha value is -1.96. The number of hydrogen-bond donors (Lipinski definition) is 5. The summed E-state index contributed by atoms with van der Waals surface area (Å²) in [6.45, 7) is 0.778. The van der Waals surface area contributed by atoms with Gasteiger partial charge in [-0.3, -0.25) is 0 Å². The standard InChI is InChI=1S/C11H14NO9P.C3H7NO2/c13-8-7(5-20-22(17,18)19)21-10(9(8)14)12-3-1-2-6(4-12)11(15)16;1-2(4)3(5)6/h1-4,7-10,13-14H,5H2,(H2-,15,16,17,18,19);2H,4H2,1H3,(H,5,6)/t7-,8-,9-,10-;2-/m10/s1. The fraction of sp³-hybridized carbons (Fsp3) is 0.500. The molecule has 0 aliphatic carbocycles. The number of aliphatic carboxylic acids is 1. The number of rotatable bonds is 6. The van der Waals surface area contributed by atoms with Crippen LogP contribution in [0.3, 0.4) is 0 Å². The van der Waals surface area contributed by atoms with Gasteiger partial charge in [0.25, 0.3) is 6.23 Å². The summed E-state index contributed by atoms with van der Waals surface area (Å²) in [6.07, 6.45) is -2.78. The van der Waals surface area contributed by atoms with Gasteiger partial charge in [-0.05, 0) is 13.0 Å². The van der Waals surface area contributed by atoms with Crippen LogP contribution in [0.15, 0.2) is 24.5 Å². The van der Waals surface area contributed by atoms with Gasteiger partial charge in [-0.2, -0.15) is 4.57 Å². The Balaban J connectivity index is 0.000000568. The van der Waals surface area contributed by atoms with Crippen molar-refractivity contribution in [2.45, 2.75) is 37.5 Å². The highest BCUT2D eigenvalue weighted by Gasteiger charge is 2.48. The summed E-state index contributed by atoms with van der Waals surface area (Å²) in [4.78, 5) is 41.4. The summed E-state index contributed by atoms with van der Waals surface area (Å²) in [5.74, 6) is -2.05. The SMILES string of the molecule is C[C@H]([NH3+])C(=O)O.O=C(O)c1ccc[n+]([C@@H]2O[C@H](COP(=O)([O-])[O-])[C@@H](O)[C@H]2O)c1. The molecular weight excluding hydrogens is 403 g/mol. The molecule has 7 N–H and O–H groups in total. The van der Waals surface area contributed by atoms with Gasteiger partial charge in [-0.15, -0.1) is 0 Å². The molecule has 1 aliphatic heterocycles. The summed E-state index contributed by atoms with van der Waals surface area (Å²) < 4.78 is 20.9. The number of carboxylic acid groups (broad SMARTS) is 2. The first-order valence-electron chi connectivity index (χ1n) is 7.81. The monoisotopic (exact) mass is 424 g/mol. The lowest BCUT2D eigenvalue weighted by atomic mass is 10.1. The minimum atomic E-state index is -5.23. The van der Waals surface area contributed by atoms with Crippen molar-refractivity contribution in [3.63, 3.8) is 0 Å². The highest BCUT2D eigenvalue weighted by molar-refractivity contribution is 7.43. The van der Waals surface area contributed by atoms with E-state index in [0.717, 1.165) is 0 Å². The maximum atomic E-state index is 10.9. The average Bonchev–Trinajstić information content (AvgIpc) is 2.88. The number of ether oxygens (including phenoxy) is 1. The molecule has 5 atom stereocenters. The van der Waals surface area contributed by atoms with Crippen LogP contribution in [0.1, 0.15) is 23.5 Å². The Bertz CT molecular complexity index is 738. The van der Waals surface area contributed by atoms with Crippen LogP contribution in [0.5, 0.6) is 0 Å². The molecule has 0 radical (unpaired) electrons. The third-order valence-electron chi connectivity index (χ3n) is 3.52. The second kappa shape index (κ2) is 10.0. The number of quaternary nitrogens is 1. The van der Waals surface area contributed by atoms with E-state index in [1.54, 1.807) is 0 Å². The third kappa shape index (κ3) is 7.22. The number of carboxylic acids is 2. The van der Waals surface area contributed by atoms with E-state index in [9.17, 15) is 34.2 Å². The minimum Gasteiger partial charge on any atom is -0.790 e. The van der Waals surface area contributed by atoms with Gasteiger partial charge in [0.05, 0.1) is 14.4 Å². The number of aromatic carboxylic acids is 1. The van der Waals surface area contributed by atoms with Gasteiger partial charge in [0.15, 0.2) is 24.5 Å². The summed E-state index contributed by atoms with van der Waals surface area (Å²) in [5, 5.41) is 36.5. The van der Waals surface area contributed by atoms with E-state index < -0.39 is 56.9 Å². The molecule has 14 heteroatoms. The highest BCUT2D eigenvalue weighted by Crippen LogP contribution is 2.30. The molecule has 1 aromatic rings. The second-order valence-corrected chi connectivity index (χ2v) is 7.03. The number of pyridine rings is 1. The number of phosphoric ester groups is 1. The van der Waals surface area contributed by atoms with Crippen LogP contribution in [0.4, 0.5) is 0 Å². The maximum absolute atomic E-state index is 10.9. The molecule has 158 valence electrons. The molecular formula is C14H21N2O11P. The van der Waals surface area contributed by atoms with Crippen molar-refractivity contribution in [2.24, 2.45) is 0 Å². The zero-order valence-corrected chi connectivity index (χ0v) is 15.5. The van der Waals surface area contributed by atoms with E-state index in [4.69, 9.17) is 14.9 Å². The molecule has 0 spiro atoms. The summed E-state index contributed by atoms with van der Waals surface area (Å²) >= 11 is 0. The molecule has 0 unspecified atom stereocenters. The molecule has 28 heavy (non-hydrogen) atoms. The second-order valence-electron chi connectivity index (χ2n) is 5.87. The predicted octanol–water partition coefficient (Wildman–Crippen LogP) is -4.16. The van der Waals surface area contributed by atoms with Crippen molar-refractivity contribution < 1.29 is 63.9 Å². The highest BCUT2D eigenvalue weighted by atomic mass is 31.2.